The number of nitrogens with zero attached hydrogens (tertiary/aromatic N) is 2. The first-order valence-corrected chi connectivity index (χ1v) is 9.41. The van der Waals surface area contributed by atoms with Crippen LogP contribution in [-0.4, -0.2) is 33.5 Å². The number of aromatic nitrogens is 2. The molecule has 2 N–H and O–H groups in total. The van der Waals surface area contributed by atoms with Crippen LogP contribution in [0.5, 0.6) is 0 Å². The fourth-order valence-electron chi connectivity index (χ4n) is 3.39. The van der Waals surface area contributed by atoms with Gasteiger partial charge in [-0.25, -0.2) is 0 Å². The number of hydrogen-bond donors (Lipinski definition) is 2. The summed E-state index contributed by atoms with van der Waals surface area (Å²) in [6.45, 7) is 0.409. The van der Waals surface area contributed by atoms with E-state index in [9.17, 15) is 9.59 Å². The zero-order chi connectivity index (χ0) is 19.3. The van der Waals surface area contributed by atoms with Gasteiger partial charge < -0.3 is 10.2 Å². The average Bonchev–Trinajstić information content (AvgIpc) is 3.47. The summed E-state index contributed by atoms with van der Waals surface area (Å²) in [4.78, 5) is 26.7. The second kappa shape index (κ2) is 8.08. The van der Waals surface area contributed by atoms with Gasteiger partial charge in [0.05, 0.1) is 11.9 Å². The maximum Gasteiger partial charge on any atom is 0.247 e. The lowest BCUT2D eigenvalue weighted by Crippen LogP contribution is -2.41. The topological polar surface area (TPSA) is 78.1 Å². The zero-order valence-electron chi connectivity index (χ0n) is 15.4. The third-order valence-electron chi connectivity index (χ3n) is 4.97. The van der Waals surface area contributed by atoms with Crippen LogP contribution >= 0.6 is 0 Å². The normalized spacial score (nSPS) is 14.3. The predicted octanol–water partition coefficient (Wildman–Crippen LogP) is 3.06. The molecule has 0 radical (unpaired) electrons. The first-order chi connectivity index (χ1) is 13.8. The number of rotatable bonds is 8. The molecule has 1 heterocycles. The molecule has 0 saturated heterocycles. The Morgan fingerprint density at radius 3 is 2.46 bits per heavy atom. The Balaban J connectivity index is 1.64. The summed E-state index contributed by atoms with van der Waals surface area (Å²) < 4.78 is 0. The monoisotopic (exact) mass is 374 g/mol. The van der Waals surface area contributed by atoms with Crippen LogP contribution in [-0.2, 0) is 16.1 Å². The molecule has 1 atom stereocenters. The van der Waals surface area contributed by atoms with Gasteiger partial charge in [0.1, 0.15) is 6.04 Å². The molecule has 0 aliphatic heterocycles. The summed E-state index contributed by atoms with van der Waals surface area (Å²) in [5.41, 5.74) is 3.40. The Morgan fingerprint density at radius 2 is 1.82 bits per heavy atom. The molecule has 0 spiro atoms. The molecule has 6 heteroatoms. The summed E-state index contributed by atoms with van der Waals surface area (Å²) in [6.07, 6.45) is 4.26. The number of aromatic amines is 1. The van der Waals surface area contributed by atoms with E-state index in [1.165, 1.54) is 0 Å². The molecular weight excluding hydrogens is 352 g/mol. The molecule has 1 saturated carbocycles. The Labute approximate surface area is 163 Å². The Bertz CT molecular complexity index is 935. The van der Waals surface area contributed by atoms with E-state index in [0.717, 1.165) is 36.1 Å². The first kappa shape index (κ1) is 18.0. The van der Waals surface area contributed by atoms with Crippen LogP contribution in [0.1, 0.15) is 30.0 Å². The lowest BCUT2D eigenvalue weighted by atomic mass is 10.0. The van der Waals surface area contributed by atoms with Crippen molar-refractivity contribution in [3.63, 3.8) is 0 Å². The van der Waals surface area contributed by atoms with Crippen LogP contribution in [0.2, 0.25) is 0 Å². The van der Waals surface area contributed by atoms with Crippen molar-refractivity contribution in [2.24, 2.45) is 0 Å². The molecule has 28 heavy (non-hydrogen) atoms. The van der Waals surface area contributed by atoms with Crippen LogP contribution in [0, 0.1) is 0 Å². The van der Waals surface area contributed by atoms with Crippen molar-refractivity contribution in [1.82, 2.24) is 20.4 Å². The molecule has 6 nitrogen and oxygen atoms in total. The largest absolute Gasteiger partial charge is 0.350 e. The van der Waals surface area contributed by atoms with E-state index >= 15 is 0 Å². The highest BCUT2D eigenvalue weighted by Gasteiger charge is 2.39. The van der Waals surface area contributed by atoms with Gasteiger partial charge in [0, 0.05) is 18.2 Å². The smallest absolute Gasteiger partial charge is 0.247 e. The number of carbonyl (C=O) groups is 2. The van der Waals surface area contributed by atoms with Crippen LogP contribution in [0.3, 0.4) is 0 Å². The van der Waals surface area contributed by atoms with E-state index in [1.54, 1.807) is 11.1 Å². The highest BCUT2D eigenvalue weighted by molar-refractivity contribution is 5.87. The van der Waals surface area contributed by atoms with E-state index in [4.69, 9.17) is 0 Å². The number of amides is 2. The minimum absolute atomic E-state index is 0.100. The van der Waals surface area contributed by atoms with E-state index in [2.05, 4.69) is 15.5 Å². The summed E-state index contributed by atoms with van der Waals surface area (Å²) in [5, 5.41) is 10.1. The van der Waals surface area contributed by atoms with E-state index < -0.39 is 6.04 Å². The maximum atomic E-state index is 13.2. The molecule has 1 fully saturated rings. The average molecular weight is 374 g/mol. The van der Waals surface area contributed by atoms with Gasteiger partial charge in [-0.05, 0) is 24.0 Å². The number of carbonyl (C=O) groups excluding carboxylic acids is 2. The van der Waals surface area contributed by atoms with E-state index in [-0.39, 0.29) is 11.9 Å². The summed E-state index contributed by atoms with van der Waals surface area (Å²) in [6, 6.07) is 18.8. The van der Waals surface area contributed by atoms with Crippen LogP contribution in [0.25, 0.3) is 11.3 Å². The van der Waals surface area contributed by atoms with Gasteiger partial charge in [0.25, 0.3) is 0 Å². The number of hydrogen-bond acceptors (Lipinski definition) is 3. The molecule has 142 valence electrons. The second-order valence-corrected chi connectivity index (χ2v) is 6.96. The molecule has 4 rings (SSSR count). The van der Waals surface area contributed by atoms with Crippen LogP contribution in [0.4, 0.5) is 0 Å². The zero-order valence-corrected chi connectivity index (χ0v) is 15.4. The fourth-order valence-corrected chi connectivity index (χ4v) is 3.39. The molecular formula is C22H22N4O2. The highest BCUT2D eigenvalue weighted by atomic mass is 16.2. The summed E-state index contributed by atoms with van der Waals surface area (Å²) in [5.74, 6) is -0.207. The highest BCUT2D eigenvalue weighted by Crippen LogP contribution is 2.36. The van der Waals surface area contributed by atoms with Crippen molar-refractivity contribution in [2.75, 3.05) is 0 Å². The quantitative estimate of drug-likeness (QED) is 0.595. The van der Waals surface area contributed by atoms with Gasteiger partial charge in [-0.15, -0.1) is 0 Å². The Morgan fingerprint density at radius 1 is 1.14 bits per heavy atom. The van der Waals surface area contributed by atoms with Crippen molar-refractivity contribution < 1.29 is 9.59 Å². The predicted molar refractivity (Wildman–Crippen MR) is 106 cm³/mol. The van der Waals surface area contributed by atoms with Gasteiger partial charge >= 0.3 is 0 Å². The Kier molecular flexibility index (Phi) is 5.19. The van der Waals surface area contributed by atoms with Gasteiger partial charge in [0.15, 0.2) is 0 Å². The molecule has 1 aliphatic rings. The second-order valence-electron chi connectivity index (χ2n) is 6.96. The SMILES string of the molecule is O=CN(C1CC1)C(C(=O)NCc1ccccc1)c1cn[nH]c1-c1ccccc1. The molecule has 1 aliphatic carbocycles. The molecule has 2 aromatic carbocycles. The Hall–Kier alpha value is -3.41. The fraction of sp³-hybridized carbons (Fsp3) is 0.227. The third kappa shape index (κ3) is 3.81. The molecule has 2 amide bonds. The molecule has 1 unspecified atom stereocenters. The third-order valence-corrected chi connectivity index (χ3v) is 4.97. The van der Waals surface area contributed by atoms with Crippen molar-refractivity contribution in [3.8, 4) is 11.3 Å². The number of nitrogens with one attached hydrogen (secondary N) is 2. The van der Waals surface area contributed by atoms with Gasteiger partial charge in [-0.2, -0.15) is 5.10 Å². The first-order valence-electron chi connectivity index (χ1n) is 9.41. The van der Waals surface area contributed by atoms with E-state index in [1.807, 2.05) is 60.7 Å². The van der Waals surface area contributed by atoms with Crippen LogP contribution < -0.4 is 5.32 Å². The van der Waals surface area contributed by atoms with Crippen molar-refractivity contribution in [1.29, 1.82) is 0 Å². The lowest BCUT2D eigenvalue weighted by Gasteiger charge is -2.27. The molecule has 0 bridgehead atoms. The van der Waals surface area contributed by atoms with Crippen molar-refractivity contribution in [3.05, 3.63) is 78.0 Å². The van der Waals surface area contributed by atoms with Crippen molar-refractivity contribution >= 4 is 12.3 Å². The summed E-state index contributed by atoms with van der Waals surface area (Å²) >= 11 is 0. The van der Waals surface area contributed by atoms with Gasteiger partial charge in [-0.1, -0.05) is 60.7 Å². The molecule has 3 aromatic rings. The van der Waals surface area contributed by atoms with Gasteiger partial charge in [-0.3, -0.25) is 14.7 Å². The molecule has 1 aromatic heterocycles. The standard InChI is InChI=1S/C22H22N4O2/c27-15-26(18-11-12-18)21(22(28)23-13-16-7-3-1-4-8-16)19-14-24-25-20(19)17-9-5-2-6-10-17/h1-10,14-15,18,21H,11-13H2,(H,23,28)(H,24,25). The number of benzene rings is 2. The van der Waals surface area contributed by atoms with E-state index in [0.29, 0.717) is 12.1 Å². The van der Waals surface area contributed by atoms with Crippen LogP contribution in [0.15, 0.2) is 66.9 Å². The maximum absolute atomic E-state index is 13.2. The minimum atomic E-state index is -0.720. The van der Waals surface area contributed by atoms with Crippen molar-refractivity contribution in [2.45, 2.75) is 31.5 Å². The van der Waals surface area contributed by atoms with Gasteiger partial charge in [0.2, 0.25) is 12.3 Å². The minimum Gasteiger partial charge on any atom is -0.350 e. The summed E-state index contributed by atoms with van der Waals surface area (Å²) in [7, 11) is 0. The lowest BCUT2D eigenvalue weighted by molar-refractivity contribution is -0.133. The number of H-pyrrole nitrogens is 1.